The molecule has 128 valence electrons. The molecule has 1 aromatic heterocycles. The molecule has 2 N–H and O–H groups in total. The third-order valence-corrected chi connectivity index (χ3v) is 3.94. The van der Waals surface area contributed by atoms with Crippen molar-refractivity contribution in [3.05, 3.63) is 21.9 Å². The molecule has 0 aliphatic rings. The van der Waals surface area contributed by atoms with Crippen molar-refractivity contribution in [2.45, 2.75) is 58.6 Å². The molecule has 1 amide bonds. The van der Waals surface area contributed by atoms with Crippen molar-refractivity contribution in [3.63, 3.8) is 0 Å². The first-order chi connectivity index (χ1) is 10.4. The molecule has 0 aliphatic carbocycles. The highest BCUT2D eigenvalue weighted by Gasteiger charge is 2.25. The topological polar surface area (TPSA) is 92.7 Å². The Bertz CT molecular complexity index is 598. The fourth-order valence-electron chi connectivity index (χ4n) is 1.81. The van der Waals surface area contributed by atoms with Gasteiger partial charge in [-0.2, -0.15) is 0 Å². The van der Waals surface area contributed by atoms with Crippen LogP contribution in [0.2, 0.25) is 0 Å². The summed E-state index contributed by atoms with van der Waals surface area (Å²) in [5, 5.41) is 11.7. The zero-order valence-corrected chi connectivity index (χ0v) is 14.9. The number of hydrogen-bond acceptors (Lipinski definition) is 5. The van der Waals surface area contributed by atoms with Crippen molar-refractivity contribution in [1.82, 2.24) is 5.32 Å². The first-order valence-electron chi connectivity index (χ1n) is 7.27. The second-order valence-corrected chi connectivity index (χ2v) is 7.98. The van der Waals surface area contributed by atoms with Crippen LogP contribution >= 0.6 is 11.3 Å². The number of carboxylic acids is 1. The lowest BCUT2D eigenvalue weighted by Crippen LogP contribution is -2.43. The van der Waals surface area contributed by atoms with Crippen molar-refractivity contribution >= 4 is 29.2 Å². The first kappa shape index (κ1) is 19.2. The van der Waals surface area contributed by atoms with E-state index in [1.165, 1.54) is 12.1 Å². The Morgan fingerprint density at radius 2 is 1.70 bits per heavy atom. The van der Waals surface area contributed by atoms with Gasteiger partial charge < -0.3 is 15.2 Å². The summed E-state index contributed by atoms with van der Waals surface area (Å²) in [4.78, 5) is 35.2. The van der Waals surface area contributed by atoms with Gasteiger partial charge in [0.15, 0.2) is 0 Å². The Hall–Kier alpha value is -1.89. The molecule has 1 rings (SSSR count). The molecule has 0 spiro atoms. The lowest BCUT2D eigenvalue weighted by atomic mass is 9.98. The molecule has 0 aliphatic heterocycles. The summed E-state index contributed by atoms with van der Waals surface area (Å²) in [5.41, 5.74) is -1.14. The lowest BCUT2D eigenvalue weighted by Gasteiger charge is -2.26. The molecule has 0 fully saturated rings. The van der Waals surface area contributed by atoms with Crippen molar-refractivity contribution in [2.75, 3.05) is 0 Å². The molecule has 7 heteroatoms. The number of nitrogens with one attached hydrogen (secondary N) is 1. The highest BCUT2D eigenvalue weighted by atomic mass is 32.1. The minimum absolute atomic E-state index is 0.113. The van der Waals surface area contributed by atoms with Gasteiger partial charge in [-0.05, 0) is 53.2 Å². The minimum Gasteiger partial charge on any atom is -0.477 e. The average molecular weight is 341 g/mol. The number of aromatic carboxylic acids is 1. The molecular weight excluding hydrogens is 318 g/mol. The monoisotopic (exact) mass is 341 g/mol. The Morgan fingerprint density at radius 3 is 2.17 bits per heavy atom. The SMILES string of the molecule is CC(C)(CCC(=O)OC(C)(C)C)NC(=O)c1ccc(C(=O)O)s1. The van der Waals surface area contributed by atoms with Gasteiger partial charge in [0.2, 0.25) is 0 Å². The summed E-state index contributed by atoms with van der Waals surface area (Å²) >= 11 is 0.919. The molecule has 0 aromatic carbocycles. The number of carbonyl (C=O) groups is 3. The number of esters is 1. The fraction of sp³-hybridized carbons (Fsp3) is 0.562. The average Bonchev–Trinajstić information content (AvgIpc) is 2.83. The fourth-order valence-corrected chi connectivity index (χ4v) is 2.55. The van der Waals surface area contributed by atoms with Crippen LogP contribution in [-0.4, -0.2) is 34.1 Å². The zero-order chi connectivity index (χ0) is 17.8. The number of amides is 1. The number of ether oxygens (including phenoxy) is 1. The molecule has 1 aromatic rings. The predicted molar refractivity (Wildman–Crippen MR) is 87.9 cm³/mol. The quantitative estimate of drug-likeness (QED) is 0.776. The van der Waals surface area contributed by atoms with Gasteiger partial charge in [-0.3, -0.25) is 9.59 Å². The number of hydrogen-bond donors (Lipinski definition) is 2. The highest BCUT2D eigenvalue weighted by molar-refractivity contribution is 7.15. The molecule has 0 bridgehead atoms. The summed E-state index contributed by atoms with van der Waals surface area (Å²) in [6, 6.07) is 2.88. The van der Waals surface area contributed by atoms with Gasteiger partial charge >= 0.3 is 11.9 Å². The molecular formula is C16H23NO5S. The van der Waals surface area contributed by atoms with E-state index in [0.717, 1.165) is 11.3 Å². The molecule has 0 unspecified atom stereocenters. The highest BCUT2D eigenvalue weighted by Crippen LogP contribution is 2.19. The third-order valence-electron chi connectivity index (χ3n) is 2.87. The van der Waals surface area contributed by atoms with Crippen LogP contribution in [-0.2, 0) is 9.53 Å². The molecule has 0 radical (unpaired) electrons. The lowest BCUT2D eigenvalue weighted by molar-refractivity contribution is -0.155. The van der Waals surface area contributed by atoms with Gasteiger partial charge in [0.05, 0.1) is 4.88 Å². The maximum atomic E-state index is 12.2. The van der Waals surface area contributed by atoms with Gasteiger partial charge in [-0.1, -0.05) is 0 Å². The van der Waals surface area contributed by atoms with Crippen LogP contribution in [0.5, 0.6) is 0 Å². The molecule has 23 heavy (non-hydrogen) atoms. The van der Waals surface area contributed by atoms with Gasteiger partial charge in [-0.25, -0.2) is 4.79 Å². The second-order valence-electron chi connectivity index (χ2n) is 6.89. The molecule has 1 heterocycles. The first-order valence-corrected chi connectivity index (χ1v) is 8.09. The van der Waals surface area contributed by atoms with Crippen LogP contribution in [0.25, 0.3) is 0 Å². The largest absolute Gasteiger partial charge is 0.477 e. The van der Waals surface area contributed by atoms with Gasteiger partial charge in [0.25, 0.3) is 5.91 Å². The Labute approximate surface area is 139 Å². The standard InChI is InChI=1S/C16H23NO5S/c1-15(2,3)22-12(18)8-9-16(4,5)17-13(19)10-6-7-11(23-10)14(20)21/h6-7H,8-9H2,1-5H3,(H,17,19)(H,20,21). The molecule has 0 saturated heterocycles. The van der Waals surface area contributed by atoms with E-state index in [9.17, 15) is 14.4 Å². The van der Waals surface area contributed by atoms with E-state index in [0.29, 0.717) is 11.3 Å². The van der Waals surface area contributed by atoms with E-state index in [4.69, 9.17) is 9.84 Å². The molecule has 0 atom stereocenters. The third kappa shape index (κ3) is 6.81. The number of carboxylic acid groups (broad SMARTS) is 1. The summed E-state index contributed by atoms with van der Waals surface area (Å²) in [6.45, 7) is 9.01. The van der Waals surface area contributed by atoms with Crippen LogP contribution < -0.4 is 5.32 Å². The van der Waals surface area contributed by atoms with Crippen molar-refractivity contribution in [2.24, 2.45) is 0 Å². The van der Waals surface area contributed by atoms with Crippen LogP contribution in [0.4, 0.5) is 0 Å². The maximum Gasteiger partial charge on any atom is 0.345 e. The van der Waals surface area contributed by atoms with Crippen LogP contribution in [0.15, 0.2) is 12.1 Å². The van der Waals surface area contributed by atoms with E-state index in [1.807, 2.05) is 0 Å². The van der Waals surface area contributed by atoms with Crippen molar-refractivity contribution in [1.29, 1.82) is 0 Å². The number of thiophene rings is 1. The normalized spacial score (nSPS) is 11.9. The number of rotatable bonds is 6. The van der Waals surface area contributed by atoms with Crippen molar-refractivity contribution in [3.8, 4) is 0 Å². The van der Waals surface area contributed by atoms with Crippen LogP contribution in [0.1, 0.15) is 66.8 Å². The minimum atomic E-state index is -1.06. The van der Waals surface area contributed by atoms with Crippen molar-refractivity contribution < 1.29 is 24.2 Å². The Kier molecular flexibility index (Phi) is 5.93. The smallest absolute Gasteiger partial charge is 0.345 e. The van der Waals surface area contributed by atoms with E-state index < -0.39 is 17.1 Å². The zero-order valence-electron chi connectivity index (χ0n) is 14.1. The van der Waals surface area contributed by atoms with Gasteiger partial charge in [-0.15, -0.1) is 11.3 Å². The molecule has 0 saturated carbocycles. The maximum absolute atomic E-state index is 12.2. The predicted octanol–water partition coefficient (Wildman–Crippen LogP) is 3.08. The van der Waals surface area contributed by atoms with Crippen LogP contribution in [0.3, 0.4) is 0 Å². The summed E-state index contributed by atoms with van der Waals surface area (Å²) in [6.07, 6.45) is 0.611. The summed E-state index contributed by atoms with van der Waals surface area (Å²) in [7, 11) is 0. The van der Waals surface area contributed by atoms with E-state index >= 15 is 0 Å². The summed E-state index contributed by atoms with van der Waals surface area (Å²) < 4.78 is 5.24. The van der Waals surface area contributed by atoms with Crippen LogP contribution in [0, 0.1) is 0 Å². The Morgan fingerprint density at radius 1 is 1.13 bits per heavy atom. The van der Waals surface area contributed by atoms with E-state index in [2.05, 4.69) is 5.32 Å². The van der Waals surface area contributed by atoms with E-state index in [-0.39, 0.29) is 23.2 Å². The van der Waals surface area contributed by atoms with Gasteiger partial charge in [0.1, 0.15) is 10.5 Å². The Balaban J connectivity index is 2.58. The van der Waals surface area contributed by atoms with E-state index in [1.54, 1.807) is 34.6 Å². The molecule has 6 nitrogen and oxygen atoms in total. The van der Waals surface area contributed by atoms with Gasteiger partial charge in [0, 0.05) is 12.0 Å². The number of carbonyl (C=O) groups excluding carboxylic acids is 2. The summed E-state index contributed by atoms with van der Waals surface area (Å²) in [5.74, 6) is -1.72. The second kappa shape index (κ2) is 7.12.